The van der Waals surface area contributed by atoms with Crippen molar-refractivity contribution in [2.24, 2.45) is 10.8 Å². The summed E-state index contributed by atoms with van der Waals surface area (Å²) in [6.07, 6.45) is 19.1. The first kappa shape index (κ1) is 25.9. The van der Waals surface area contributed by atoms with Crippen molar-refractivity contribution in [1.82, 2.24) is 0 Å². The van der Waals surface area contributed by atoms with E-state index in [0.29, 0.717) is 10.8 Å². The van der Waals surface area contributed by atoms with Crippen LogP contribution in [-0.4, -0.2) is 39.0 Å². The SMILES string of the molecule is CC1(C)CC=C(CCC2OCCCO2)CC1.CC1(C)CC=C(CCC2OCCCO2)CC1. The summed E-state index contributed by atoms with van der Waals surface area (Å²) in [5.74, 6) is 0. The summed E-state index contributed by atoms with van der Waals surface area (Å²) in [6, 6.07) is 0. The Morgan fingerprint density at radius 2 is 1.03 bits per heavy atom. The Morgan fingerprint density at radius 3 is 1.34 bits per heavy atom. The Bertz CT molecular complexity index is 553. The topological polar surface area (TPSA) is 36.9 Å². The molecule has 4 nitrogen and oxygen atoms in total. The van der Waals surface area contributed by atoms with Gasteiger partial charge in [-0.3, -0.25) is 0 Å². The molecule has 2 saturated heterocycles. The molecule has 0 spiro atoms. The molecule has 2 fully saturated rings. The van der Waals surface area contributed by atoms with Crippen LogP contribution in [0.4, 0.5) is 0 Å². The van der Waals surface area contributed by atoms with Crippen LogP contribution in [-0.2, 0) is 18.9 Å². The molecule has 0 atom stereocenters. The molecule has 0 bridgehead atoms. The fraction of sp³-hybridized carbons (Fsp3) is 0.857. The summed E-state index contributed by atoms with van der Waals surface area (Å²) in [5.41, 5.74) is 4.25. The van der Waals surface area contributed by atoms with Crippen LogP contribution in [0, 0.1) is 10.8 Å². The third-order valence-corrected chi connectivity index (χ3v) is 7.33. The molecule has 0 N–H and O–H groups in total. The van der Waals surface area contributed by atoms with E-state index in [-0.39, 0.29) is 12.6 Å². The maximum Gasteiger partial charge on any atom is 0.157 e. The summed E-state index contributed by atoms with van der Waals surface area (Å²) >= 11 is 0. The molecule has 2 aliphatic carbocycles. The predicted molar refractivity (Wildman–Crippen MR) is 131 cm³/mol. The van der Waals surface area contributed by atoms with E-state index in [9.17, 15) is 0 Å². The largest absolute Gasteiger partial charge is 0.353 e. The zero-order valence-electron chi connectivity index (χ0n) is 21.3. The summed E-state index contributed by atoms with van der Waals surface area (Å²) in [6.45, 7) is 12.9. The normalized spacial score (nSPS) is 26.5. The van der Waals surface area contributed by atoms with E-state index in [1.807, 2.05) is 0 Å². The number of hydrogen-bond acceptors (Lipinski definition) is 4. The van der Waals surface area contributed by atoms with Gasteiger partial charge < -0.3 is 18.9 Å². The molecule has 0 unspecified atom stereocenters. The van der Waals surface area contributed by atoms with Gasteiger partial charge in [0.25, 0.3) is 0 Å². The van der Waals surface area contributed by atoms with Gasteiger partial charge in [-0.15, -0.1) is 0 Å². The van der Waals surface area contributed by atoms with Crippen molar-refractivity contribution in [2.75, 3.05) is 26.4 Å². The minimum Gasteiger partial charge on any atom is -0.353 e. The van der Waals surface area contributed by atoms with Gasteiger partial charge in [0.1, 0.15) is 0 Å². The van der Waals surface area contributed by atoms with Gasteiger partial charge in [0.05, 0.1) is 26.4 Å². The van der Waals surface area contributed by atoms with Crippen LogP contribution in [0.3, 0.4) is 0 Å². The average molecular weight is 449 g/mol. The number of rotatable bonds is 6. The van der Waals surface area contributed by atoms with Crippen LogP contribution in [0.2, 0.25) is 0 Å². The zero-order chi connectivity index (χ0) is 22.9. The fourth-order valence-corrected chi connectivity index (χ4v) is 4.71. The van der Waals surface area contributed by atoms with Gasteiger partial charge in [-0.2, -0.15) is 0 Å². The lowest BCUT2D eigenvalue weighted by molar-refractivity contribution is -0.181. The molecule has 0 amide bonds. The molecular weight excluding hydrogens is 400 g/mol. The quantitative estimate of drug-likeness (QED) is 0.399. The van der Waals surface area contributed by atoms with Gasteiger partial charge in [-0.05, 0) is 75.0 Å². The molecule has 0 saturated carbocycles. The third kappa shape index (κ3) is 9.67. The summed E-state index contributed by atoms with van der Waals surface area (Å²) < 4.78 is 22.2. The molecule has 2 heterocycles. The monoisotopic (exact) mass is 448 g/mol. The van der Waals surface area contributed by atoms with Gasteiger partial charge in [0, 0.05) is 12.8 Å². The van der Waals surface area contributed by atoms with E-state index >= 15 is 0 Å². The van der Waals surface area contributed by atoms with E-state index in [2.05, 4.69) is 39.8 Å². The Hall–Kier alpha value is -0.680. The van der Waals surface area contributed by atoms with Gasteiger partial charge in [0.2, 0.25) is 0 Å². The van der Waals surface area contributed by atoms with Crippen LogP contribution in [0.5, 0.6) is 0 Å². The highest BCUT2D eigenvalue weighted by molar-refractivity contribution is 5.09. The first-order valence-corrected chi connectivity index (χ1v) is 13.1. The Labute approximate surface area is 197 Å². The van der Waals surface area contributed by atoms with Crippen LogP contribution in [0.25, 0.3) is 0 Å². The maximum atomic E-state index is 5.56. The molecule has 184 valence electrons. The highest BCUT2D eigenvalue weighted by atomic mass is 16.7. The second-order valence-corrected chi connectivity index (χ2v) is 11.6. The van der Waals surface area contributed by atoms with Gasteiger partial charge in [0.15, 0.2) is 12.6 Å². The summed E-state index contributed by atoms with van der Waals surface area (Å²) in [7, 11) is 0. The molecule has 32 heavy (non-hydrogen) atoms. The molecule has 4 rings (SSSR count). The van der Waals surface area contributed by atoms with E-state index in [1.54, 1.807) is 11.1 Å². The van der Waals surface area contributed by atoms with E-state index in [0.717, 1.165) is 65.0 Å². The lowest BCUT2D eigenvalue weighted by atomic mass is 9.77. The minimum atomic E-state index is 0.0598. The standard InChI is InChI=1S/2C14H24O2/c2*1-14(2)8-6-12(7-9-14)4-5-13-15-10-3-11-16-13/h2*6,13H,3-5,7-11H2,1-2H3. The molecule has 2 aliphatic heterocycles. The van der Waals surface area contributed by atoms with Gasteiger partial charge in [-0.1, -0.05) is 51.0 Å². The maximum absolute atomic E-state index is 5.56. The smallest absolute Gasteiger partial charge is 0.157 e. The molecule has 0 aromatic rings. The molecule has 4 heteroatoms. The minimum absolute atomic E-state index is 0.0598. The van der Waals surface area contributed by atoms with E-state index < -0.39 is 0 Å². The molecule has 0 aromatic heterocycles. The van der Waals surface area contributed by atoms with Crippen LogP contribution >= 0.6 is 0 Å². The Kier molecular flexibility index (Phi) is 10.3. The van der Waals surface area contributed by atoms with Crippen molar-refractivity contribution in [1.29, 1.82) is 0 Å². The first-order valence-electron chi connectivity index (χ1n) is 13.1. The van der Waals surface area contributed by atoms with Crippen LogP contribution in [0.1, 0.15) is 105 Å². The summed E-state index contributed by atoms with van der Waals surface area (Å²) in [5, 5.41) is 0. The van der Waals surface area contributed by atoms with Crippen LogP contribution in [0.15, 0.2) is 23.3 Å². The average Bonchev–Trinajstić information content (AvgIpc) is 2.79. The Morgan fingerprint density at radius 1 is 0.656 bits per heavy atom. The highest BCUT2D eigenvalue weighted by Gasteiger charge is 2.23. The highest BCUT2D eigenvalue weighted by Crippen LogP contribution is 2.36. The van der Waals surface area contributed by atoms with E-state index in [1.165, 1.54) is 38.5 Å². The Balaban J connectivity index is 0.000000181. The van der Waals surface area contributed by atoms with Crippen molar-refractivity contribution in [2.45, 2.75) is 117 Å². The van der Waals surface area contributed by atoms with Crippen molar-refractivity contribution >= 4 is 0 Å². The van der Waals surface area contributed by atoms with Crippen molar-refractivity contribution < 1.29 is 18.9 Å². The third-order valence-electron chi connectivity index (χ3n) is 7.33. The van der Waals surface area contributed by atoms with Crippen LogP contribution < -0.4 is 0 Å². The molecule has 0 aromatic carbocycles. The second-order valence-electron chi connectivity index (χ2n) is 11.6. The lowest BCUT2D eigenvalue weighted by Crippen LogP contribution is -2.25. The van der Waals surface area contributed by atoms with E-state index in [4.69, 9.17) is 18.9 Å². The molecule has 0 radical (unpaired) electrons. The number of ether oxygens (including phenoxy) is 4. The fourth-order valence-electron chi connectivity index (χ4n) is 4.71. The number of hydrogen-bond donors (Lipinski definition) is 0. The lowest BCUT2D eigenvalue weighted by Gasteiger charge is -2.29. The van der Waals surface area contributed by atoms with Gasteiger partial charge >= 0.3 is 0 Å². The summed E-state index contributed by atoms with van der Waals surface area (Å²) in [4.78, 5) is 0. The zero-order valence-corrected chi connectivity index (χ0v) is 21.3. The van der Waals surface area contributed by atoms with Crippen molar-refractivity contribution in [3.8, 4) is 0 Å². The number of allylic oxidation sites excluding steroid dienone is 4. The molecule has 4 aliphatic rings. The molecular formula is C28H48O4. The van der Waals surface area contributed by atoms with Crippen molar-refractivity contribution in [3.05, 3.63) is 23.3 Å². The van der Waals surface area contributed by atoms with Gasteiger partial charge in [-0.25, -0.2) is 0 Å². The predicted octanol–water partition coefficient (Wildman–Crippen LogP) is 7.33. The first-order chi connectivity index (χ1) is 15.3. The second kappa shape index (κ2) is 12.7. The van der Waals surface area contributed by atoms with Crippen molar-refractivity contribution in [3.63, 3.8) is 0 Å².